The lowest BCUT2D eigenvalue weighted by molar-refractivity contribution is 0.253. The second-order valence-electron chi connectivity index (χ2n) is 6.80. The van der Waals surface area contributed by atoms with E-state index in [1.54, 1.807) is 7.11 Å². The van der Waals surface area contributed by atoms with Crippen LogP contribution in [0.2, 0.25) is 0 Å². The molecule has 0 amide bonds. The lowest BCUT2D eigenvalue weighted by atomic mass is 9.95. The summed E-state index contributed by atoms with van der Waals surface area (Å²) in [7, 11) is 1.68. The van der Waals surface area contributed by atoms with E-state index in [-0.39, 0.29) is 12.1 Å². The Morgan fingerprint density at radius 3 is 2.82 bits per heavy atom. The van der Waals surface area contributed by atoms with Crippen molar-refractivity contribution in [2.75, 3.05) is 19.5 Å². The highest BCUT2D eigenvalue weighted by atomic mass is 79.9. The van der Waals surface area contributed by atoms with Crippen LogP contribution in [0.1, 0.15) is 43.6 Å². The summed E-state index contributed by atoms with van der Waals surface area (Å²) in [5, 5.41) is 1.12. The van der Waals surface area contributed by atoms with Gasteiger partial charge < -0.3 is 14.4 Å². The SMILES string of the molecule is CCOc1c(Br)cc([C@@H]2[C@@H](c3ccccn3)N=C3SC[C@H](CC)N32)cc1OC. The number of fused-ring (bicyclic) bond motifs is 1. The van der Waals surface area contributed by atoms with Gasteiger partial charge in [-0.3, -0.25) is 9.98 Å². The quantitative estimate of drug-likeness (QED) is 0.588. The summed E-state index contributed by atoms with van der Waals surface area (Å²) in [5.41, 5.74) is 2.15. The van der Waals surface area contributed by atoms with Gasteiger partial charge in [0.15, 0.2) is 16.7 Å². The first kappa shape index (κ1) is 19.6. The van der Waals surface area contributed by atoms with Crippen molar-refractivity contribution in [2.24, 2.45) is 4.99 Å². The first-order valence-corrected chi connectivity index (χ1v) is 11.4. The zero-order valence-corrected chi connectivity index (χ0v) is 18.7. The maximum atomic E-state index is 5.79. The van der Waals surface area contributed by atoms with Gasteiger partial charge in [0, 0.05) is 18.0 Å². The van der Waals surface area contributed by atoms with Gasteiger partial charge in [0.1, 0.15) is 6.04 Å². The molecule has 0 saturated carbocycles. The smallest absolute Gasteiger partial charge is 0.175 e. The van der Waals surface area contributed by atoms with Crippen LogP contribution in [0.4, 0.5) is 0 Å². The molecule has 3 atom stereocenters. The molecule has 2 aromatic rings. The molecule has 28 heavy (non-hydrogen) atoms. The minimum Gasteiger partial charge on any atom is -0.493 e. The van der Waals surface area contributed by atoms with E-state index in [9.17, 15) is 0 Å². The number of thioether (sulfide) groups is 1. The van der Waals surface area contributed by atoms with Gasteiger partial charge in [-0.15, -0.1) is 0 Å². The maximum absolute atomic E-state index is 5.79. The molecule has 0 bridgehead atoms. The minimum absolute atomic E-state index is 0.0346. The molecule has 2 aliphatic rings. The molecule has 2 aliphatic heterocycles. The number of hydrogen-bond donors (Lipinski definition) is 0. The molecule has 148 valence electrons. The normalized spacial score (nSPS) is 23.5. The Kier molecular flexibility index (Phi) is 5.83. The summed E-state index contributed by atoms with van der Waals surface area (Å²) in [4.78, 5) is 12.2. The van der Waals surface area contributed by atoms with Crippen LogP contribution in [-0.2, 0) is 0 Å². The summed E-state index contributed by atoms with van der Waals surface area (Å²) in [6.45, 7) is 4.80. The predicted molar refractivity (Wildman–Crippen MR) is 117 cm³/mol. The molecule has 4 rings (SSSR count). The third kappa shape index (κ3) is 3.39. The number of nitrogens with zero attached hydrogens (tertiary/aromatic N) is 3. The monoisotopic (exact) mass is 461 g/mol. The van der Waals surface area contributed by atoms with E-state index < -0.39 is 0 Å². The largest absolute Gasteiger partial charge is 0.493 e. The number of aromatic nitrogens is 1. The number of aliphatic imine (C=N–C) groups is 1. The summed E-state index contributed by atoms with van der Waals surface area (Å²) in [6, 6.07) is 10.8. The van der Waals surface area contributed by atoms with Crippen molar-refractivity contribution in [3.8, 4) is 11.5 Å². The molecule has 3 heterocycles. The summed E-state index contributed by atoms with van der Waals surface area (Å²) in [6.07, 6.45) is 2.93. The van der Waals surface area contributed by atoms with Gasteiger partial charge in [0.25, 0.3) is 0 Å². The van der Waals surface area contributed by atoms with Gasteiger partial charge in [-0.2, -0.15) is 0 Å². The van der Waals surface area contributed by atoms with E-state index in [2.05, 4.69) is 50.9 Å². The molecular weight excluding hydrogens is 438 g/mol. The fourth-order valence-corrected chi connectivity index (χ4v) is 5.82. The molecular formula is C21H24BrN3O2S. The molecule has 1 aromatic heterocycles. The van der Waals surface area contributed by atoms with Crippen molar-refractivity contribution in [2.45, 2.75) is 38.4 Å². The van der Waals surface area contributed by atoms with E-state index in [0.717, 1.165) is 44.6 Å². The number of pyridine rings is 1. The number of rotatable bonds is 6. The van der Waals surface area contributed by atoms with Crippen LogP contribution in [-0.4, -0.2) is 40.6 Å². The highest BCUT2D eigenvalue weighted by Crippen LogP contribution is 2.50. The number of methoxy groups -OCH3 is 1. The minimum atomic E-state index is -0.0346. The fourth-order valence-electron chi connectivity index (χ4n) is 3.90. The Hall–Kier alpha value is -1.73. The Morgan fingerprint density at radius 1 is 1.29 bits per heavy atom. The number of amidine groups is 1. The van der Waals surface area contributed by atoms with E-state index in [0.29, 0.717) is 12.6 Å². The lowest BCUT2D eigenvalue weighted by Crippen LogP contribution is -2.35. The van der Waals surface area contributed by atoms with Crippen LogP contribution in [0.25, 0.3) is 0 Å². The first-order valence-electron chi connectivity index (χ1n) is 9.58. The lowest BCUT2D eigenvalue weighted by Gasteiger charge is -2.32. The highest BCUT2D eigenvalue weighted by Gasteiger charge is 2.45. The number of halogens is 1. The van der Waals surface area contributed by atoms with Crippen molar-refractivity contribution in [1.29, 1.82) is 0 Å². The van der Waals surface area contributed by atoms with Gasteiger partial charge in [0.2, 0.25) is 0 Å². The van der Waals surface area contributed by atoms with Crippen molar-refractivity contribution in [3.05, 3.63) is 52.3 Å². The van der Waals surface area contributed by atoms with Crippen LogP contribution in [0.3, 0.4) is 0 Å². The Morgan fingerprint density at radius 2 is 2.14 bits per heavy atom. The first-order chi connectivity index (χ1) is 13.7. The van der Waals surface area contributed by atoms with Gasteiger partial charge in [0.05, 0.1) is 29.9 Å². The standard InChI is InChI=1S/C21H24BrN3O2S/c1-4-14-12-28-21-24-18(16-8-6-7-9-23-16)19(25(14)21)13-10-15(22)20(27-5-2)17(11-13)26-3/h6-11,14,18-19H,4-5,12H2,1-3H3/t14-,18+,19+/m0/s1. The van der Waals surface area contributed by atoms with Crippen LogP contribution in [0.15, 0.2) is 46.0 Å². The van der Waals surface area contributed by atoms with E-state index in [4.69, 9.17) is 14.5 Å². The molecule has 0 N–H and O–H groups in total. The molecule has 1 fully saturated rings. The van der Waals surface area contributed by atoms with Gasteiger partial charge >= 0.3 is 0 Å². The molecule has 0 radical (unpaired) electrons. The average molecular weight is 462 g/mol. The third-order valence-corrected chi connectivity index (χ3v) is 6.93. The average Bonchev–Trinajstić information content (AvgIpc) is 3.29. The molecule has 0 aliphatic carbocycles. The van der Waals surface area contributed by atoms with E-state index >= 15 is 0 Å². The second kappa shape index (κ2) is 8.33. The Balaban J connectivity index is 1.81. The maximum Gasteiger partial charge on any atom is 0.175 e. The van der Waals surface area contributed by atoms with Crippen LogP contribution < -0.4 is 9.47 Å². The Labute approximate surface area is 178 Å². The van der Waals surface area contributed by atoms with Gasteiger partial charge in [-0.05, 0) is 59.1 Å². The molecule has 0 unspecified atom stereocenters. The molecule has 1 aromatic carbocycles. The van der Waals surface area contributed by atoms with Crippen molar-refractivity contribution in [3.63, 3.8) is 0 Å². The Bertz CT molecular complexity index is 877. The topological polar surface area (TPSA) is 47.0 Å². The van der Waals surface area contributed by atoms with Crippen molar-refractivity contribution in [1.82, 2.24) is 9.88 Å². The third-order valence-electron chi connectivity index (χ3n) is 5.21. The zero-order valence-electron chi connectivity index (χ0n) is 16.3. The van der Waals surface area contributed by atoms with Gasteiger partial charge in [-0.1, -0.05) is 24.8 Å². The van der Waals surface area contributed by atoms with E-state index in [1.807, 2.05) is 37.0 Å². The van der Waals surface area contributed by atoms with Crippen LogP contribution in [0.5, 0.6) is 11.5 Å². The predicted octanol–water partition coefficient (Wildman–Crippen LogP) is 5.23. The fraction of sp³-hybridized carbons (Fsp3) is 0.429. The van der Waals surface area contributed by atoms with Crippen molar-refractivity contribution < 1.29 is 9.47 Å². The molecule has 1 saturated heterocycles. The molecule has 0 spiro atoms. The van der Waals surface area contributed by atoms with Crippen LogP contribution in [0, 0.1) is 0 Å². The molecule has 5 nitrogen and oxygen atoms in total. The summed E-state index contributed by atoms with van der Waals surface area (Å²) in [5.74, 6) is 2.56. The summed E-state index contributed by atoms with van der Waals surface area (Å²) < 4.78 is 12.3. The zero-order chi connectivity index (χ0) is 19.7. The molecule has 7 heteroatoms. The summed E-state index contributed by atoms with van der Waals surface area (Å²) >= 11 is 5.53. The number of ether oxygens (including phenoxy) is 2. The number of benzene rings is 1. The van der Waals surface area contributed by atoms with Crippen molar-refractivity contribution >= 4 is 32.9 Å². The second-order valence-corrected chi connectivity index (χ2v) is 8.64. The highest BCUT2D eigenvalue weighted by molar-refractivity contribution is 9.10. The van der Waals surface area contributed by atoms with Crippen LogP contribution >= 0.6 is 27.7 Å². The number of hydrogen-bond acceptors (Lipinski definition) is 6. The van der Waals surface area contributed by atoms with E-state index in [1.165, 1.54) is 0 Å². The van der Waals surface area contributed by atoms with Gasteiger partial charge in [-0.25, -0.2) is 0 Å².